The summed E-state index contributed by atoms with van der Waals surface area (Å²) in [5.74, 6) is -0.791. The summed E-state index contributed by atoms with van der Waals surface area (Å²) in [6.45, 7) is 6.05. The fraction of sp³-hybridized carbons (Fsp3) is 0.529. The topological polar surface area (TPSA) is 90.3 Å². The van der Waals surface area contributed by atoms with E-state index in [1.165, 1.54) is 22.2 Å². The highest BCUT2D eigenvalue weighted by atomic mass is 32.1. The van der Waals surface area contributed by atoms with Crippen LogP contribution in [0.3, 0.4) is 0 Å². The van der Waals surface area contributed by atoms with E-state index >= 15 is 0 Å². The van der Waals surface area contributed by atoms with E-state index in [4.69, 9.17) is 4.74 Å². The molecule has 0 bridgehead atoms. The van der Waals surface area contributed by atoms with Crippen LogP contribution in [0, 0.1) is 0 Å². The molecule has 1 atom stereocenters. The van der Waals surface area contributed by atoms with Gasteiger partial charge in [0.1, 0.15) is 11.4 Å². The third-order valence-corrected chi connectivity index (χ3v) is 4.73. The van der Waals surface area contributed by atoms with Gasteiger partial charge in [0, 0.05) is 11.4 Å². The highest BCUT2D eigenvalue weighted by molar-refractivity contribution is 7.17. The van der Waals surface area contributed by atoms with Crippen LogP contribution < -0.4 is 10.9 Å². The largest absolute Gasteiger partial charge is 0.462 e. The number of fused-ring (bicyclic) bond motifs is 1. The molecule has 136 valence electrons. The van der Waals surface area contributed by atoms with Crippen molar-refractivity contribution in [2.45, 2.75) is 52.6 Å². The van der Waals surface area contributed by atoms with Crippen molar-refractivity contribution in [1.29, 1.82) is 0 Å². The summed E-state index contributed by atoms with van der Waals surface area (Å²) in [6.07, 6.45) is 3.82. The first-order valence-corrected chi connectivity index (χ1v) is 9.29. The minimum atomic E-state index is -0.527. The number of unbranched alkanes of at least 4 members (excludes halogenated alkanes) is 1. The Kier molecular flexibility index (Phi) is 6.69. The molecule has 0 saturated heterocycles. The van der Waals surface area contributed by atoms with Gasteiger partial charge >= 0.3 is 5.97 Å². The number of rotatable bonds is 8. The van der Waals surface area contributed by atoms with Gasteiger partial charge in [0.25, 0.3) is 5.56 Å². The van der Waals surface area contributed by atoms with Gasteiger partial charge in [-0.25, -0.2) is 9.78 Å². The fourth-order valence-electron chi connectivity index (χ4n) is 2.19. The number of carbonyl (C=O) groups is 2. The summed E-state index contributed by atoms with van der Waals surface area (Å²) in [4.78, 5) is 41.5. The monoisotopic (exact) mass is 365 g/mol. The van der Waals surface area contributed by atoms with E-state index in [-0.39, 0.29) is 29.4 Å². The molecule has 0 aliphatic heterocycles. The molecule has 2 heterocycles. The molecular weight excluding hydrogens is 342 g/mol. The summed E-state index contributed by atoms with van der Waals surface area (Å²) in [5, 5.41) is 4.60. The predicted molar refractivity (Wildman–Crippen MR) is 97.0 cm³/mol. The summed E-state index contributed by atoms with van der Waals surface area (Å²) >= 11 is 1.21. The van der Waals surface area contributed by atoms with E-state index < -0.39 is 11.5 Å². The average Bonchev–Trinajstić information content (AvgIpc) is 3.02. The molecule has 0 radical (unpaired) electrons. The second-order valence-corrected chi connectivity index (χ2v) is 6.73. The third kappa shape index (κ3) is 4.66. The Morgan fingerprint density at radius 1 is 1.40 bits per heavy atom. The summed E-state index contributed by atoms with van der Waals surface area (Å²) in [5.41, 5.74) is -0.196. The lowest BCUT2D eigenvalue weighted by Crippen LogP contribution is -2.37. The normalized spacial score (nSPS) is 12.1. The van der Waals surface area contributed by atoms with Gasteiger partial charge < -0.3 is 10.1 Å². The molecule has 0 aliphatic carbocycles. The molecule has 2 aromatic heterocycles. The van der Waals surface area contributed by atoms with E-state index in [0.717, 1.165) is 19.3 Å². The number of esters is 1. The number of thiophene rings is 1. The van der Waals surface area contributed by atoms with Crippen molar-refractivity contribution in [2.75, 3.05) is 6.61 Å². The highest BCUT2D eigenvalue weighted by Crippen LogP contribution is 2.21. The molecule has 7 nitrogen and oxygen atoms in total. The number of ether oxygens (including phenoxy) is 1. The lowest BCUT2D eigenvalue weighted by atomic mass is 10.2. The van der Waals surface area contributed by atoms with Crippen molar-refractivity contribution >= 4 is 33.4 Å². The molecule has 2 aromatic rings. The van der Waals surface area contributed by atoms with Gasteiger partial charge in [0.05, 0.1) is 23.9 Å². The van der Waals surface area contributed by atoms with Crippen molar-refractivity contribution in [1.82, 2.24) is 14.9 Å². The molecular formula is C17H23N3O4S. The maximum absolute atomic E-state index is 12.7. The van der Waals surface area contributed by atoms with Crippen LogP contribution in [0.25, 0.3) is 10.2 Å². The number of carbonyl (C=O) groups excluding carboxylic acids is 2. The zero-order valence-electron chi connectivity index (χ0n) is 14.7. The maximum Gasteiger partial charge on any atom is 0.339 e. The Morgan fingerprint density at radius 2 is 2.16 bits per heavy atom. The standard InChI is InChI=1S/C17H23N3O4S/c1-4-6-7-24-17(23)12-9-25-15-14(12)16(22)20(10-18-15)8-13(21)19-11(3)5-2/h9-11H,4-8H2,1-3H3,(H,19,21). The van der Waals surface area contributed by atoms with Gasteiger partial charge in [-0.05, 0) is 19.8 Å². The second-order valence-electron chi connectivity index (χ2n) is 5.87. The first-order valence-electron chi connectivity index (χ1n) is 8.41. The Hall–Kier alpha value is -2.22. The van der Waals surface area contributed by atoms with Crippen molar-refractivity contribution in [3.05, 3.63) is 27.6 Å². The maximum atomic E-state index is 12.7. The van der Waals surface area contributed by atoms with E-state index in [1.807, 2.05) is 20.8 Å². The second kappa shape index (κ2) is 8.75. The number of hydrogen-bond acceptors (Lipinski definition) is 6. The van der Waals surface area contributed by atoms with Crippen molar-refractivity contribution < 1.29 is 14.3 Å². The van der Waals surface area contributed by atoms with Crippen LogP contribution >= 0.6 is 11.3 Å². The zero-order valence-corrected chi connectivity index (χ0v) is 15.5. The molecule has 0 spiro atoms. The molecule has 0 aliphatic rings. The van der Waals surface area contributed by atoms with Crippen molar-refractivity contribution in [3.63, 3.8) is 0 Å². The molecule has 25 heavy (non-hydrogen) atoms. The summed E-state index contributed by atoms with van der Waals surface area (Å²) in [6, 6.07) is 0.0325. The molecule has 8 heteroatoms. The number of nitrogens with one attached hydrogen (secondary N) is 1. The summed E-state index contributed by atoms with van der Waals surface area (Å²) < 4.78 is 6.41. The van der Waals surface area contributed by atoms with Crippen LogP contribution in [0.1, 0.15) is 50.4 Å². The fourth-order valence-corrected chi connectivity index (χ4v) is 3.06. The van der Waals surface area contributed by atoms with Crippen LogP contribution in [-0.4, -0.2) is 34.1 Å². The molecule has 0 fully saturated rings. The van der Waals surface area contributed by atoms with Crippen LogP contribution in [0.15, 0.2) is 16.5 Å². The number of hydrogen-bond donors (Lipinski definition) is 1. The third-order valence-electron chi connectivity index (χ3n) is 3.85. The minimum Gasteiger partial charge on any atom is -0.462 e. The Bertz CT molecular complexity index is 812. The van der Waals surface area contributed by atoms with E-state index in [0.29, 0.717) is 11.4 Å². The summed E-state index contributed by atoms with van der Waals surface area (Å²) in [7, 11) is 0. The van der Waals surface area contributed by atoms with Crippen LogP contribution in [0.2, 0.25) is 0 Å². The number of aromatic nitrogens is 2. The van der Waals surface area contributed by atoms with Crippen LogP contribution in [0.5, 0.6) is 0 Å². The van der Waals surface area contributed by atoms with Crippen molar-refractivity contribution in [2.24, 2.45) is 0 Å². The first kappa shape index (κ1) is 19.1. The molecule has 2 rings (SSSR count). The van der Waals surface area contributed by atoms with E-state index in [9.17, 15) is 14.4 Å². The Labute approximate surface area is 150 Å². The van der Waals surface area contributed by atoms with Crippen LogP contribution in [0.4, 0.5) is 0 Å². The number of nitrogens with zero attached hydrogens (tertiary/aromatic N) is 2. The molecule has 1 N–H and O–H groups in total. The molecule has 1 unspecified atom stereocenters. The highest BCUT2D eigenvalue weighted by Gasteiger charge is 2.19. The van der Waals surface area contributed by atoms with Crippen LogP contribution in [-0.2, 0) is 16.1 Å². The molecule has 1 amide bonds. The average molecular weight is 365 g/mol. The molecule has 0 saturated carbocycles. The van der Waals surface area contributed by atoms with Gasteiger partial charge in [-0.3, -0.25) is 14.2 Å². The van der Waals surface area contributed by atoms with Gasteiger partial charge in [0.2, 0.25) is 5.91 Å². The lowest BCUT2D eigenvalue weighted by molar-refractivity contribution is -0.122. The SMILES string of the molecule is CCCCOC(=O)c1csc2ncn(CC(=O)NC(C)CC)c(=O)c12. The van der Waals surface area contributed by atoms with Crippen molar-refractivity contribution in [3.8, 4) is 0 Å². The van der Waals surface area contributed by atoms with E-state index in [2.05, 4.69) is 10.3 Å². The van der Waals surface area contributed by atoms with E-state index in [1.54, 1.807) is 5.38 Å². The smallest absolute Gasteiger partial charge is 0.339 e. The lowest BCUT2D eigenvalue weighted by Gasteiger charge is -2.12. The molecule has 0 aromatic carbocycles. The zero-order chi connectivity index (χ0) is 18.4. The Morgan fingerprint density at radius 3 is 2.84 bits per heavy atom. The van der Waals surface area contributed by atoms with Gasteiger partial charge in [-0.1, -0.05) is 20.3 Å². The number of amides is 1. The van der Waals surface area contributed by atoms with Gasteiger partial charge in [-0.15, -0.1) is 11.3 Å². The minimum absolute atomic E-state index is 0.0325. The predicted octanol–water partition coefficient (Wildman–Crippen LogP) is 2.33. The van der Waals surface area contributed by atoms with Gasteiger partial charge in [-0.2, -0.15) is 0 Å². The Balaban J connectivity index is 2.25. The van der Waals surface area contributed by atoms with Gasteiger partial charge in [0.15, 0.2) is 0 Å². The first-order chi connectivity index (χ1) is 12.0. The quantitative estimate of drug-likeness (QED) is 0.573.